The van der Waals surface area contributed by atoms with E-state index in [1.165, 1.54) is 11.3 Å². The lowest BCUT2D eigenvalue weighted by atomic mass is 10.1. The van der Waals surface area contributed by atoms with E-state index in [-0.39, 0.29) is 0 Å². The molecule has 0 bridgehead atoms. The number of nitrogens with two attached hydrogens (primary N) is 1. The molecule has 2 rings (SSSR count). The molecule has 0 fully saturated rings. The van der Waals surface area contributed by atoms with Crippen LogP contribution in [0.1, 0.15) is 13.3 Å². The van der Waals surface area contributed by atoms with Crippen LogP contribution in [0.15, 0.2) is 30.3 Å². The van der Waals surface area contributed by atoms with E-state index in [0.29, 0.717) is 11.6 Å². The van der Waals surface area contributed by atoms with Gasteiger partial charge < -0.3 is 10.5 Å². The van der Waals surface area contributed by atoms with Gasteiger partial charge in [-0.25, -0.2) is 0 Å². The molecule has 0 saturated carbocycles. The van der Waals surface area contributed by atoms with Crippen molar-refractivity contribution in [3.8, 4) is 16.2 Å². The van der Waals surface area contributed by atoms with Crippen molar-refractivity contribution in [1.82, 2.24) is 0 Å². The number of benzene rings is 1. The third-order valence-electron chi connectivity index (χ3n) is 2.30. The molecule has 1 aromatic carbocycles. The topological polar surface area (TPSA) is 35.2 Å². The first-order valence-corrected chi connectivity index (χ1v) is 6.68. The summed E-state index contributed by atoms with van der Waals surface area (Å²) in [6, 6.07) is 9.54. The minimum atomic E-state index is 0.704. The van der Waals surface area contributed by atoms with Crippen LogP contribution < -0.4 is 10.5 Å². The second kappa shape index (κ2) is 5.43. The van der Waals surface area contributed by atoms with Crippen LogP contribution in [0.25, 0.3) is 10.4 Å². The first-order valence-electron chi connectivity index (χ1n) is 5.48. The van der Waals surface area contributed by atoms with Crippen LogP contribution in [0.3, 0.4) is 0 Å². The minimum absolute atomic E-state index is 0.704. The predicted molar refractivity (Wildman–Crippen MR) is 75.0 cm³/mol. The molecule has 17 heavy (non-hydrogen) atoms. The highest BCUT2D eigenvalue weighted by Gasteiger charge is 2.09. The van der Waals surface area contributed by atoms with Gasteiger partial charge in [-0.3, -0.25) is 0 Å². The Morgan fingerprint density at radius 1 is 1.29 bits per heavy atom. The number of rotatable bonds is 4. The normalized spacial score (nSPS) is 10.5. The fraction of sp³-hybridized carbons (Fsp3) is 0.231. The number of hydrogen-bond donors (Lipinski definition) is 1. The first-order chi connectivity index (χ1) is 8.20. The number of nitrogen functional groups attached to an aromatic ring is 1. The smallest absolute Gasteiger partial charge is 0.128 e. The second-order valence-electron chi connectivity index (χ2n) is 3.69. The maximum atomic E-state index is 6.03. The zero-order valence-corrected chi connectivity index (χ0v) is 11.1. The number of anilines is 1. The lowest BCUT2D eigenvalue weighted by molar-refractivity contribution is 0.319. The zero-order chi connectivity index (χ0) is 12.3. The van der Waals surface area contributed by atoms with Gasteiger partial charge in [0.25, 0.3) is 0 Å². The summed E-state index contributed by atoms with van der Waals surface area (Å²) in [7, 11) is 0. The van der Waals surface area contributed by atoms with Gasteiger partial charge >= 0.3 is 0 Å². The van der Waals surface area contributed by atoms with Gasteiger partial charge in [0, 0.05) is 15.5 Å². The highest BCUT2D eigenvalue weighted by atomic mass is 35.5. The molecule has 0 atom stereocenters. The Hall–Kier alpha value is -1.19. The average molecular weight is 268 g/mol. The number of thiophene rings is 1. The van der Waals surface area contributed by atoms with E-state index in [1.807, 2.05) is 30.3 Å². The maximum Gasteiger partial charge on any atom is 0.128 e. The Morgan fingerprint density at radius 3 is 2.76 bits per heavy atom. The lowest BCUT2D eigenvalue weighted by Gasteiger charge is -2.10. The second-order valence-corrected chi connectivity index (χ2v) is 5.24. The molecule has 1 heterocycles. The fourth-order valence-electron chi connectivity index (χ4n) is 1.53. The summed E-state index contributed by atoms with van der Waals surface area (Å²) in [5, 5.41) is 1.50. The molecule has 0 amide bonds. The Balaban J connectivity index is 2.39. The summed E-state index contributed by atoms with van der Waals surface area (Å²) < 4.78 is 5.71. The van der Waals surface area contributed by atoms with Crippen LogP contribution >= 0.6 is 22.9 Å². The van der Waals surface area contributed by atoms with Gasteiger partial charge in [0.15, 0.2) is 0 Å². The molecule has 0 aliphatic heterocycles. The largest absolute Gasteiger partial charge is 0.493 e. The fourth-order valence-corrected chi connectivity index (χ4v) is 2.50. The van der Waals surface area contributed by atoms with Gasteiger partial charge in [0.1, 0.15) is 5.75 Å². The monoisotopic (exact) mass is 267 g/mol. The van der Waals surface area contributed by atoms with Gasteiger partial charge in [-0.05, 0) is 36.8 Å². The van der Waals surface area contributed by atoms with Crippen LogP contribution in [0.4, 0.5) is 5.00 Å². The van der Waals surface area contributed by atoms with E-state index >= 15 is 0 Å². The summed E-state index contributed by atoms with van der Waals surface area (Å²) in [6.07, 6.45) is 0.981. The third kappa shape index (κ3) is 2.93. The molecule has 0 saturated heterocycles. The van der Waals surface area contributed by atoms with Crippen LogP contribution in [0.5, 0.6) is 5.75 Å². The number of ether oxygens (including phenoxy) is 1. The Morgan fingerprint density at radius 2 is 2.12 bits per heavy atom. The maximum absolute atomic E-state index is 6.03. The van der Waals surface area contributed by atoms with Gasteiger partial charge in [0.05, 0.1) is 11.6 Å². The predicted octanol–water partition coefficient (Wildman–Crippen LogP) is 4.44. The average Bonchev–Trinajstić information content (AvgIpc) is 2.74. The summed E-state index contributed by atoms with van der Waals surface area (Å²) in [6.45, 7) is 2.79. The molecule has 90 valence electrons. The standard InChI is InChI=1S/C13H14ClNOS/c1-2-7-16-11-4-3-9(14)8-10(11)12-5-6-13(15)17-12/h3-6,8H,2,7,15H2,1H3. The van der Waals surface area contributed by atoms with Gasteiger partial charge in [-0.2, -0.15) is 0 Å². The van der Waals surface area contributed by atoms with Gasteiger partial charge in [-0.1, -0.05) is 18.5 Å². The molecule has 1 aromatic heterocycles. The van der Waals surface area contributed by atoms with E-state index < -0.39 is 0 Å². The molecular formula is C13H14ClNOS. The van der Waals surface area contributed by atoms with Crippen LogP contribution in [-0.2, 0) is 0 Å². The van der Waals surface area contributed by atoms with Crippen molar-refractivity contribution in [3.05, 3.63) is 35.4 Å². The molecule has 0 aliphatic carbocycles. The van der Waals surface area contributed by atoms with Gasteiger partial charge in [0.2, 0.25) is 0 Å². The molecule has 0 spiro atoms. The van der Waals surface area contributed by atoms with Gasteiger partial charge in [-0.15, -0.1) is 11.3 Å². The molecule has 2 aromatic rings. The van der Waals surface area contributed by atoms with E-state index in [9.17, 15) is 0 Å². The molecule has 0 radical (unpaired) electrons. The highest BCUT2D eigenvalue weighted by Crippen LogP contribution is 2.37. The quantitative estimate of drug-likeness (QED) is 0.889. The van der Waals surface area contributed by atoms with Crippen molar-refractivity contribution < 1.29 is 4.74 Å². The number of hydrogen-bond acceptors (Lipinski definition) is 3. The molecule has 2 nitrogen and oxygen atoms in total. The molecule has 2 N–H and O–H groups in total. The van der Waals surface area contributed by atoms with Crippen molar-refractivity contribution in [2.45, 2.75) is 13.3 Å². The van der Waals surface area contributed by atoms with Crippen molar-refractivity contribution in [3.63, 3.8) is 0 Å². The van der Waals surface area contributed by atoms with E-state index in [2.05, 4.69) is 6.92 Å². The minimum Gasteiger partial charge on any atom is -0.493 e. The zero-order valence-electron chi connectivity index (χ0n) is 9.57. The van der Waals surface area contributed by atoms with Crippen molar-refractivity contribution in [2.24, 2.45) is 0 Å². The van der Waals surface area contributed by atoms with Crippen LogP contribution in [-0.4, -0.2) is 6.61 Å². The molecule has 4 heteroatoms. The van der Waals surface area contributed by atoms with Crippen molar-refractivity contribution in [2.75, 3.05) is 12.3 Å². The van der Waals surface area contributed by atoms with E-state index in [4.69, 9.17) is 22.1 Å². The van der Waals surface area contributed by atoms with Crippen molar-refractivity contribution in [1.29, 1.82) is 0 Å². The Kier molecular flexibility index (Phi) is 3.92. The summed E-state index contributed by atoms with van der Waals surface area (Å²) >= 11 is 7.56. The van der Waals surface area contributed by atoms with Crippen molar-refractivity contribution >= 4 is 27.9 Å². The van der Waals surface area contributed by atoms with Crippen LogP contribution in [0.2, 0.25) is 5.02 Å². The Labute approximate surface area is 110 Å². The van der Waals surface area contributed by atoms with E-state index in [0.717, 1.165) is 27.6 Å². The third-order valence-corrected chi connectivity index (χ3v) is 3.48. The molecular weight excluding hydrogens is 254 g/mol. The summed E-state index contributed by atoms with van der Waals surface area (Å²) in [4.78, 5) is 1.08. The summed E-state index contributed by atoms with van der Waals surface area (Å²) in [5.74, 6) is 0.859. The number of halogens is 1. The Bertz CT molecular complexity index is 510. The SMILES string of the molecule is CCCOc1ccc(Cl)cc1-c1ccc(N)s1. The molecule has 0 unspecified atom stereocenters. The van der Waals surface area contributed by atoms with Crippen LogP contribution in [0, 0.1) is 0 Å². The molecule has 0 aliphatic rings. The lowest BCUT2D eigenvalue weighted by Crippen LogP contribution is -1.96. The van der Waals surface area contributed by atoms with E-state index in [1.54, 1.807) is 0 Å². The highest BCUT2D eigenvalue weighted by molar-refractivity contribution is 7.19. The first kappa shape index (κ1) is 12.3. The summed E-state index contributed by atoms with van der Waals surface area (Å²) in [5.41, 5.74) is 6.76.